The summed E-state index contributed by atoms with van der Waals surface area (Å²) in [6, 6.07) is 13.2. The van der Waals surface area contributed by atoms with Gasteiger partial charge in [-0.25, -0.2) is 9.18 Å². The number of urea groups is 1. The van der Waals surface area contributed by atoms with Gasteiger partial charge in [-0.05, 0) is 78.4 Å². The summed E-state index contributed by atoms with van der Waals surface area (Å²) < 4.78 is 15.0. The van der Waals surface area contributed by atoms with E-state index >= 15 is 0 Å². The molecule has 1 aliphatic carbocycles. The fraction of sp³-hybridized carbons (Fsp3) is 0.345. The van der Waals surface area contributed by atoms with Crippen LogP contribution in [-0.2, 0) is 10.3 Å². The average molecular weight is 552 g/mol. The Morgan fingerprint density at radius 2 is 1.79 bits per heavy atom. The first-order chi connectivity index (χ1) is 18.7. The van der Waals surface area contributed by atoms with Crippen LogP contribution in [0.1, 0.15) is 43.2 Å². The average Bonchev–Trinajstić information content (AvgIpc) is 3.69. The number of amides is 3. The Morgan fingerprint density at radius 3 is 2.49 bits per heavy atom. The summed E-state index contributed by atoms with van der Waals surface area (Å²) in [6.07, 6.45) is 6.46. The van der Waals surface area contributed by atoms with E-state index in [1.54, 1.807) is 48.8 Å². The third kappa shape index (κ3) is 6.21. The minimum Gasteiger partial charge on any atom is -0.391 e. The molecule has 3 aromatic rings. The van der Waals surface area contributed by atoms with E-state index in [2.05, 4.69) is 15.6 Å². The highest BCUT2D eigenvalue weighted by atomic mass is 35.5. The first-order valence-electron chi connectivity index (χ1n) is 13.0. The molecule has 3 atom stereocenters. The van der Waals surface area contributed by atoms with Crippen molar-refractivity contribution in [3.05, 3.63) is 89.0 Å². The fourth-order valence-corrected chi connectivity index (χ4v) is 5.20. The van der Waals surface area contributed by atoms with Gasteiger partial charge in [-0.15, -0.1) is 0 Å². The number of halogens is 2. The summed E-state index contributed by atoms with van der Waals surface area (Å²) in [5, 5.41) is 16.1. The quantitative estimate of drug-likeness (QED) is 0.318. The molecule has 1 saturated carbocycles. The van der Waals surface area contributed by atoms with E-state index < -0.39 is 35.4 Å². The van der Waals surface area contributed by atoms with Crippen LogP contribution in [0.3, 0.4) is 0 Å². The van der Waals surface area contributed by atoms with Crippen LogP contribution >= 0.6 is 11.6 Å². The van der Waals surface area contributed by atoms with Gasteiger partial charge in [0.1, 0.15) is 11.9 Å². The number of benzene rings is 2. The van der Waals surface area contributed by atoms with Gasteiger partial charge in [-0.1, -0.05) is 30.5 Å². The number of rotatable bonds is 8. The molecule has 2 aliphatic rings. The second kappa shape index (κ2) is 11.3. The number of β-amino-alcohol motifs (C(OH)–C–C–N with tert-alkyl or cyclic N) is 1. The van der Waals surface area contributed by atoms with E-state index in [-0.39, 0.29) is 18.7 Å². The van der Waals surface area contributed by atoms with Crippen LogP contribution in [-0.4, -0.2) is 45.6 Å². The Balaban J connectivity index is 1.36. The highest BCUT2D eigenvalue weighted by Crippen LogP contribution is 2.40. The second-order valence-electron chi connectivity index (χ2n) is 10.4. The first-order valence-corrected chi connectivity index (χ1v) is 13.4. The van der Waals surface area contributed by atoms with Gasteiger partial charge in [0, 0.05) is 36.1 Å². The second-order valence-corrected chi connectivity index (χ2v) is 10.8. The molecule has 5 rings (SSSR count). The maximum atomic E-state index is 15.0. The van der Waals surface area contributed by atoms with Crippen LogP contribution < -0.4 is 16.4 Å². The molecule has 5 N–H and O–H groups in total. The van der Waals surface area contributed by atoms with Crippen molar-refractivity contribution in [3.8, 4) is 0 Å². The topological polar surface area (TPSA) is 121 Å². The third-order valence-electron chi connectivity index (χ3n) is 7.52. The first kappa shape index (κ1) is 27.1. The van der Waals surface area contributed by atoms with Gasteiger partial charge < -0.3 is 26.4 Å². The normalized spacial score (nSPS) is 20.4. The third-order valence-corrected chi connectivity index (χ3v) is 7.77. The van der Waals surface area contributed by atoms with Crippen molar-refractivity contribution in [2.45, 2.75) is 49.8 Å². The van der Waals surface area contributed by atoms with Crippen LogP contribution in [0.2, 0.25) is 5.02 Å². The van der Waals surface area contributed by atoms with Gasteiger partial charge in [0.05, 0.1) is 17.3 Å². The Morgan fingerprint density at radius 1 is 1.08 bits per heavy atom. The summed E-state index contributed by atoms with van der Waals surface area (Å²) in [6.45, 7) is -0.0326. The summed E-state index contributed by atoms with van der Waals surface area (Å²) in [4.78, 5) is 31.6. The number of aliphatic hydroxyl groups excluding tert-OH is 1. The molecule has 1 aliphatic heterocycles. The Kier molecular flexibility index (Phi) is 7.83. The Labute approximate surface area is 231 Å². The summed E-state index contributed by atoms with van der Waals surface area (Å²) >= 11 is 5.91. The van der Waals surface area contributed by atoms with Crippen LogP contribution in [0.4, 0.5) is 20.6 Å². The SMILES string of the molecule is NC(CCC1CC1)(c1ccncc1)c1ccc(F)c(NC(=O)C2CC(O)CN2C(=O)Nc2ccc(Cl)cc2)c1. The number of anilines is 2. The molecule has 2 fully saturated rings. The van der Waals surface area contributed by atoms with E-state index in [1.807, 2.05) is 12.1 Å². The molecule has 204 valence electrons. The van der Waals surface area contributed by atoms with E-state index in [9.17, 15) is 19.1 Å². The van der Waals surface area contributed by atoms with Crippen LogP contribution in [0.15, 0.2) is 67.0 Å². The van der Waals surface area contributed by atoms with Gasteiger partial charge in [0.25, 0.3) is 0 Å². The van der Waals surface area contributed by atoms with E-state index in [0.29, 0.717) is 28.6 Å². The number of carbonyl (C=O) groups is 2. The number of aliphatic hydroxyl groups is 1. The molecule has 39 heavy (non-hydrogen) atoms. The molecule has 1 saturated heterocycles. The predicted octanol–water partition coefficient (Wildman–Crippen LogP) is 4.87. The van der Waals surface area contributed by atoms with Crippen LogP contribution in [0, 0.1) is 11.7 Å². The molecule has 8 nitrogen and oxygen atoms in total. The molecule has 10 heteroatoms. The zero-order valence-corrected chi connectivity index (χ0v) is 22.1. The number of aromatic nitrogens is 1. The fourth-order valence-electron chi connectivity index (χ4n) is 5.07. The molecular weight excluding hydrogens is 521 g/mol. The highest BCUT2D eigenvalue weighted by molar-refractivity contribution is 6.30. The number of carbonyl (C=O) groups excluding carboxylic acids is 2. The van der Waals surface area contributed by atoms with Crippen LogP contribution in [0.5, 0.6) is 0 Å². The maximum absolute atomic E-state index is 15.0. The molecular formula is C29H31ClFN5O3. The number of hydrogen-bond donors (Lipinski definition) is 4. The number of nitrogens with one attached hydrogen (secondary N) is 2. The monoisotopic (exact) mass is 551 g/mol. The standard InChI is InChI=1S/C29H31ClFN5O3/c30-21-4-6-22(7-5-21)34-28(39)36-17-23(37)16-26(36)27(38)35-25-15-20(3-8-24(25)31)29(32,12-9-18-1-2-18)19-10-13-33-14-11-19/h3-8,10-11,13-15,18,23,26,37H,1-2,9,12,16-17,32H2,(H,34,39)(H,35,38). The molecule has 0 radical (unpaired) electrons. The smallest absolute Gasteiger partial charge is 0.322 e. The molecule has 2 aromatic carbocycles. The lowest BCUT2D eigenvalue weighted by atomic mass is 9.79. The summed E-state index contributed by atoms with van der Waals surface area (Å²) in [5.41, 5.74) is 8.06. The Hall–Kier alpha value is -3.53. The number of likely N-dealkylation sites (tertiary alicyclic amines) is 1. The van der Waals surface area contributed by atoms with E-state index in [1.165, 1.54) is 23.8 Å². The van der Waals surface area contributed by atoms with Crippen molar-refractivity contribution in [2.24, 2.45) is 11.7 Å². The lowest BCUT2D eigenvalue weighted by Gasteiger charge is -2.31. The summed E-state index contributed by atoms with van der Waals surface area (Å²) in [7, 11) is 0. The Bertz CT molecular complexity index is 1340. The zero-order valence-electron chi connectivity index (χ0n) is 21.3. The highest BCUT2D eigenvalue weighted by Gasteiger charge is 2.40. The lowest BCUT2D eigenvalue weighted by molar-refractivity contribution is -0.119. The number of nitrogens with zero attached hydrogens (tertiary/aromatic N) is 2. The minimum atomic E-state index is -0.993. The molecule has 3 unspecified atom stereocenters. The van der Waals surface area contributed by atoms with Crippen molar-refractivity contribution in [1.29, 1.82) is 0 Å². The minimum absolute atomic E-state index is 0.0282. The van der Waals surface area contributed by atoms with Crippen molar-refractivity contribution >= 4 is 34.9 Å². The number of hydrogen-bond acceptors (Lipinski definition) is 5. The van der Waals surface area contributed by atoms with Gasteiger partial charge >= 0.3 is 6.03 Å². The van der Waals surface area contributed by atoms with Gasteiger partial charge in [-0.2, -0.15) is 0 Å². The van der Waals surface area contributed by atoms with Crippen molar-refractivity contribution in [3.63, 3.8) is 0 Å². The maximum Gasteiger partial charge on any atom is 0.322 e. The number of nitrogens with two attached hydrogens (primary N) is 1. The molecule has 0 spiro atoms. The lowest BCUT2D eigenvalue weighted by Crippen LogP contribution is -2.45. The van der Waals surface area contributed by atoms with Gasteiger partial charge in [0.15, 0.2) is 0 Å². The predicted molar refractivity (Wildman–Crippen MR) is 148 cm³/mol. The molecule has 0 bridgehead atoms. The van der Waals surface area contributed by atoms with Crippen molar-refractivity contribution in [2.75, 3.05) is 17.2 Å². The van der Waals surface area contributed by atoms with Crippen LogP contribution in [0.25, 0.3) is 0 Å². The number of pyridine rings is 1. The molecule has 2 heterocycles. The van der Waals surface area contributed by atoms with Crippen molar-refractivity contribution in [1.82, 2.24) is 9.88 Å². The summed E-state index contributed by atoms with van der Waals surface area (Å²) in [5.74, 6) is -0.575. The van der Waals surface area contributed by atoms with Gasteiger partial charge in [-0.3, -0.25) is 9.78 Å². The van der Waals surface area contributed by atoms with Gasteiger partial charge in [0.2, 0.25) is 5.91 Å². The van der Waals surface area contributed by atoms with Crippen molar-refractivity contribution < 1.29 is 19.1 Å². The van der Waals surface area contributed by atoms with E-state index in [4.69, 9.17) is 17.3 Å². The largest absolute Gasteiger partial charge is 0.391 e. The molecule has 1 aromatic heterocycles. The van der Waals surface area contributed by atoms with E-state index in [0.717, 1.165) is 12.0 Å². The molecule has 3 amide bonds. The zero-order chi connectivity index (χ0) is 27.6.